The molecule has 1 atom stereocenters. The normalized spacial score (nSPS) is 19.4. The molecule has 1 aliphatic rings. The number of anilines is 1. The van der Waals surface area contributed by atoms with Crippen molar-refractivity contribution in [2.24, 2.45) is 0 Å². The fourth-order valence-electron chi connectivity index (χ4n) is 2.27. The first-order chi connectivity index (χ1) is 8.29. The zero-order valence-electron chi connectivity index (χ0n) is 9.59. The Kier molecular flexibility index (Phi) is 2.64. The van der Waals surface area contributed by atoms with Gasteiger partial charge in [-0.1, -0.05) is 0 Å². The predicted molar refractivity (Wildman–Crippen MR) is 66.2 cm³/mol. The number of nitrogens with zero attached hydrogens (tertiary/aromatic N) is 2. The summed E-state index contributed by atoms with van der Waals surface area (Å²) in [6.07, 6.45) is 2.55. The third-order valence-corrected chi connectivity index (χ3v) is 4.22. The van der Waals surface area contributed by atoms with Crippen molar-refractivity contribution in [3.05, 3.63) is 33.8 Å². The van der Waals surface area contributed by atoms with Crippen molar-refractivity contribution in [1.29, 1.82) is 0 Å². The van der Waals surface area contributed by atoms with Gasteiger partial charge in [-0.3, -0.25) is 0 Å². The van der Waals surface area contributed by atoms with E-state index in [9.17, 15) is 0 Å². The maximum Gasteiger partial charge on any atom is 0.298 e. The van der Waals surface area contributed by atoms with Crippen molar-refractivity contribution in [2.75, 3.05) is 11.4 Å². The zero-order valence-corrected chi connectivity index (χ0v) is 10.4. The summed E-state index contributed by atoms with van der Waals surface area (Å²) in [5.41, 5.74) is 1.95. The molecule has 1 aliphatic heterocycles. The first-order valence-electron chi connectivity index (χ1n) is 5.67. The molecule has 0 amide bonds. The van der Waals surface area contributed by atoms with Crippen LogP contribution in [0.1, 0.15) is 29.1 Å². The number of thiophene rings is 1. The Balaban J connectivity index is 1.91. The fraction of sp³-hybridized carbons (Fsp3) is 0.417. The van der Waals surface area contributed by atoms with Crippen molar-refractivity contribution >= 4 is 17.4 Å². The van der Waals surface area contributed by atoms with Crippen LogP contribution in [-0.4, -0.2) is 16.6 Å². The molecule has 0 fully saturated rings. The van der Waals surface area contributed by atoms with Gasteiger partial charge in [0, 0.05) is 11.4 Å². The molecule has 5 heteroatoms. The monoisotopic (exact) mass is 250 g/mol. The van der Waals surface area contributed by atoms with Crippen LogP contribution in [0.15, 0.2) is 22.1 Å². The lowest BCUT2D eigenvalue weighted by atomic mass is 10.0. The predicted octanol–water partition coefficient (Wildman–Crippen LogP) is 2.35. The molecule has 2 aromatic heterocycles. The molecule has 0 aliphatic carbocycles. The summed E-state index contributed by atoms with van der Waals surface area (Å²) in [5.74, 6) is 0. The van der Waals surface area contributed by atoms with E-state index in [-0.39, 0.29) is 12.6 Å². The summed E-state index contributed by atoms with van der Waals surface area (Å²) in [5, 5.41) is 11.1. The Hall–Kier alpha value is -1.33. The van der Waals surface area contributed by atoms with Crippen molar-refractivity contribution in [1.82, 2.24) is 4.98 Å². The van der Waals surface area contributed by atoms with Crippen molar-refractivity contribution in [3.63, 3.8) is 0 Å². The van der Waals surface area contributed by atoms with Crippen LogP contribution >= 0.6 is 11.3 Å². The van der Waals surface area contributed by atoms with E-state index in [0.29, 0.717) is 11.7 Å². The smallest absolute Gasteiger partial charge is 0.298 e. The van der Waals surface area contributed by atoms with E-state index >= 15 is 0 Å². The Morgan fingerprint density at radius 3 is 3.29 bits per heavy atom. The average molecular weight is 250 g/mol. The summed E-state index contributed by atoms with van der Waals surface area (Å²) < 4.78 is 5.42. The Morgan fingerprint density at radius 2 is 2.53 bits per heavy atom. The van der Waals surface area contributed by atoms with Gasteiger partial charge < -0.3 is 14.4 Å². The minimum absolute atomic E-state index is 0.0740. The molecular formula is C12H14N2O2S. The Bertz CT molecular complexity index is 520. The molecule has 4 nitrogen and oxygen atoms in total. The lowest BCUT2D eigenvalue weighted by molar-refractivity contribution is 0.276. The van der Waals surface area contributed by atoms with Crippen LogP contribution in [0.3, 0.4) is 0 Å². The van der Waals surface area contributed by atoms with E-state index in [2.05, 4.69) is 28.3 Å². The molecule has 2 aromatic rings. The van der Waals surface area contributed by atoms with E-state index in [4.69, 9.17) is 9.52 Å². The van der Waals surface area contributed by atoms with E-state index in [1.165, 1.54) is 16.7 Å². The van der Waals surface area contributed by atoms with Gasteiger partial charge in [0.25, 0.3) is 6.01 Å². The summed E-state index contributed by atoms with van der Waals surface area (Å²) in [4.78, 5) is 7.88. The molecule has 0 spiro atoms. The molecular weight excluding hydrogens is 236 g/mol. The van der Waals surface area contributed by atoms with E-state index in [1.807, 2.05) is 11.3 Å². The molecule has 1 unspecified atom stereocenters. The third-order valence-electron chi connectivity index (χ3n) is 3.22. The summed E-state index contributed by atoms with van der Waals surface area (Å²) in [6, 6.07) is 3.07. The van der Waals surface area contributed by atoms with Crippen LogP contribution in [0.25, 0.3) is 0 Å². The van der Waals surface area contributed by atoms with E-state index in [0.717, 1.165) is 13.0 Å². The molecule has 0 radical (unpaired) electrons. The maximum atomic E-state index is 9.00. The van der Waals surface area contributed by atoms with Crippen LogP contribution in [-0.2, 0) is 13.0 Å². The Morgan fingerprint density at radius 1 is 1.65 bits per heavy atom. The SMILES string of the molecule is CC1c2ccsc2CCN1c1nc(CO)co1. The first-order valence-corrected chi connectivity index (χ1v) is 6.55. The molecule has 90 valence electrons. The molecule has 17 heavy (non-hydrogen) atoms. The number of aromatic nitrogens is 1. The lowest BCUT2D eigenvalue weighted by Gasteiger charge is -2.32. The first kappa shape index (κ1) is 10.8. The highest BCUT2D eigenvalue weighted by Gasteiger charge is 2.27. The average Bonchev–Trinajstić information content (AvgIpc) is 2.97. The van der Waals surface area contributed by atoms with Crippen LogP contribution < -0.4 is 4.90 Å². The maximum absolute atomic E-state index is 9.00. The second-order valence-electron chi connectivity index (χ2n) is 4.20. The number of rotatable bonds is 2. The number of aliphatic hydroxyl groups excluding tert-OH is 1. The minimum Gasteiger partial charge on any atom is -0.432 e. The second kappa shape index (κ2) is 4.16. The number of hydrogen-bond acceptors (Lipinski definition) is 5. The van der Waals surface area contributed by atoms with E-state index in [1.54, 1.807) is 0 Å². The van der Waals surface area contributed by atoms with Gasteiger partial charge in [-0.15, -0.1) is 11.3 Å². The fourth-order valence-corrected chi connectivity index (χ4v) is 3.23. The molecule has 3 rings (SSSR count). The molecule has 0 saturated carbocycles. The zero-order chi connectivity index (χ0) is 11.8. The summed E-state index contributed by atoms with van der Waals surface area (Å²) >= 11 is 1.82. The quantitative estimate of drug-likeness (QED) is 0.889. The molecule has 1 N–H and O–H groups in total. The molecule has 0 saturated heterocycles. The Labute approximate surface area is 104 Å². The summed E-state index contributed by atoms with van der Waals surface area (Å²) in [6.45, 7) is 3.00. The van der Waals surface area contributed by atoms with Gasteiger partial charge in [0.15, 0.2) is 0 Å². The van der Waals surface area contributed by atoms with Gasteiger partial charge >= 0.3 is 0 Å². The van der Waals surface area contributed by atoms with Gasteiger partial charge in [0.1, 0.15) is 12.0 Å². The number of fused-ring (bicyclic) bond motifs is 1. The van der Waals surface area contributed by atoms with Crippen LogP contribution in [0, 0.1) is 0 Å². The van der Waals surface area contributed by atoms with Crippen molar-refractivity contribution in [3.8, 4) is 0 Å². The number of aliphatic hydroxyl groups is 1. The third kappa shape index (κ3) is 1.75. The van der Waals surface area contributed by atoms with Crippen LogP contribution in [0.5, 0.6) is 0 Å². The number of oxazole rings is 1. The lowest BCUT2D eigenvalue weighted by Crippen LogP contribution is -2.33. The van der Waals surface area contributed by atoms with Gasteiger partial charge in [-0.25, -0.2) is 0 Å². The van der Waals surface area contributed by atoms with Gasteiger partial charge in [-0.05, 0) is 30.4 Å². The van der Waals surface area contributed by atoms with Gasteiger partial charge in [-0.2, -0.15) is 4.98 Å². The molecule has 0 bridgehead atoms. The minimum atomic E-state index is -0.0740. The highest BCUT2D eigenvalue weighted by Crippen LogP contribution is 2.35. The van der Waals surface area contributed by atoms with Gasteiger partial charge in [0.2, 0.25) is 0 Å². The van der Waals surface area contributed by atoms with Gasteiger partial charge in [0.05, 0.1) is 12.6 Å². The van der Waals surface area contributed by atoms with E-state index < -0.39 is 0 Å². The highest BCUT2D eigenvalue weighted by molar-refractivity contribution is 7.10. The van der Waals surface area contributed by atoms with Crippen molar-refractivity contribution in [2.45, 2.75) is 26.0 Å². The summed E-state index contributed by atoms with van der Waals surface area (Å²) in [7, 11) is 0. The van der Waals surface area contributed by atoms with Crippen LogP contribution in [0.4, 0.5) is 6.01 Å². The topological polar surface area (TPSA) is 49.5 Å². The second-order valence-corrected chi connectivity index (χ2v) is 5.20. The van der Waals surface area contributed by atoms with Crippen LogP contribution in [0.2, 0.25) is 0 Å². The van der Waals surface area contributed by atoms with Crippen molar-refractivity contribution < 1.29 is 9.52 Å². The molecule has 3 heterocycles. The standard InChI is InChI=1S/C12H14N2O2S/c1-8-10-3-5-17-11(10)2-4-14(8)12-13-9(6-15)7-16-12/h3,5,7-8,15H,2,4,6H2,1H3. The number of hydrogen-bond donors (Lipinski definition) is 1. The largest absolute Gasteiger partial charge is 0.432 e. The molecule has 0 aromatic carbocycles. The highest BCUT2D eigenvalue weighted by atomic mass is 32.1.